The number of hydrogen-bond donors (Lipinski definition) is 2. The Morgan fingerprint density at radius 2 is 1.85 bits per heavy atom. The van der Waals surface area contributed by atoms with Gasteiger partial charge in [0.2, 0.25) is 0 Å². The first-order valence-electron chi connectivity index (χ1n) is 11.4. The van der Waals surface area contributed by atoms with Gasteiger partial charge in [-0.3, -0.25) is 0 Å². The summed E-state index contributed by atoms with van der Waals surface area (Å²) in [6.07, 6.45) is 0. The summed E-state index contributed by atoms with van der Waals surface area (Å²) < 4.78 is 35.5. The molecule has 2 saturated heterocycles. The lowest BCUT2D eigenvalue weighted by atomic mass is 10.0. The van der Waals surface area contributed by atoms with Crippen molar-refractivity contribution in [2.45, 2.75) is 43.4 Å². The summed E-state index contributed by atoms with van der Waals surface area (Å²) in [7, 11) is -3.41. The Morgan fingerprint density at radius 3 is 2.50 bits per heavy atom. The van der Waals surface area contributed by atoms with Gasteiger partial charge in [0.1, 0.15) is 10.6 Å². The second kappa shape index (κ2) is 8.47. The van der Waals surface area contributed by atoms with Crippen molar-refractivity contribution >= 4 is 27.4 Å². The van der Waals surface area contributed by atoms with Gasteiger partial charge in [-0.15, -0.1) is 0 Å². The lowest BCUT2D eigenvalue weighted by Gasteiger charge is -2.35. The second-order valence-corrected chi connectivity index (χ2v) is 12.0. The highest BCUT2D eigenvalue weighted by Gasteiger charge is 2.48. The number of carbonyl (C=O) groups is 1. The molecule has 3 aliphatic heterocycles. The molecule has 0 spiro atoms. The van der Waals surface area contributed by atoms with Gasteiger partial charge >= 0.3 is 6.03 Å². The number of amides is 2. The number of aromatic nitrogens is 2. The van der Waals surface area contributed by atoms with E-state index in [2.05, 4.69) is 15.5 Å². The zero-order chi connectivity index (χ0) is 24.1. The summed E-state index contributed by atoms with van der Waals surface area (Å²) in [5.41, 5.74) is 2.60. The monoisotopic (exact) mass is 487 g/mol. The number of nitrogens with one attached hydrogen (secondary N) is 2. The zero-order valence-electron chi connectivity index (χ0n) is 19.5. The highest BCUT2D eigenvalue weighted by Crippen LogP contribution is 2.44. The first-order valence-corrected chi connectivity index (χ1v) is 13.0. The molecule has 2 amide bonds. The molecule has 1 aromatic heterocycles. The van der Waals surface area contributed by atoms with Gasteiger partial charge in [0, 0.05) is 23.4 Å². The molecular weight excluding hydrogens is 458 g/mol. The average Bonchev–Trinajstić information content (AvgIpc) is 2.95. The van der Waals surface area contributed by atoms with E-state index in [0.29, 0.717) is 61.6 Å². The van der Waals surface area contributed by atoms with E-state index in [-0.39, 0.29) is 23.9 Å². The number of ether oxygens (including phenoxy) is 2. The molecule has 34 heavy (non-hydrogen) atoms. The maximum absolute atomic E-state index is 13.0. The molecule has 2 aromatic rings. The van der Waals surface area contributed by atoms with Crippen LogP contribution in [-0.4, -0.2) is 69.5 Å². The Labute approximate surface area is 199 Å². The van der Waals surface area contributed by atoms with Crippen molar-refractivity contribution in [2.24, 2.45) is 0 Å². The molecule has 1 aromatic carbocycles. The molecular formula is C23H29N5O5S. The molecule has 10 nitrogen and oxygen atoms in total. The lowest BCUT2D eigenvalue weighted by Crippen LogP contribution is -2.49. The van der Waals surface area contributed by atoms with Crippen molar-refractivity contribution in [3.8, 4) is 11.4 Å². The van der Waals surface area contributed by atoms with Gasteiger partial charge in [0.25, 0.3) is 0 Å². The van der Waals surface area contributed by atoms with Gasteiger partial charge in [0.15, 0.2) is 15.7 Å². The van der Waals surface area contributed by atoms with Crippen LogP contribution in [0.2, 0.25) is 0 Å². The number of morpholine rings is 1. The molecule has 5 rings (SSSR count). The molecule has 1 atom stereocenters. The zero-order valence-corrected chi connectivity index (χ0v) is 20.3. The van der Waals surface area contributed by atoms with Crippen molar-refractivity contribution in [1.29, 1.82) is 0 Å². The largest absolute Gasteiger partial charge is 0.377 e. The van der Waals surface area contributed by atoms with Gasteiger partial charge in [-0.2, -0.15) is 0 Å². The molecule has 0 aliphatic carbocycles. The third kappa shape index (κ3) is 4.01. The summed E-state index contributed by atoms with van der Waals surface area (Å²) in [6.45, 7) is 8.25. The summed E-state index contributed by atoms with van der Waals surface area (Å²) >= 11 is 0. The van der Waals surface area contributed by atoms with E-state index >= 15 is 0 Å². The van der Waals surface area contributed by atoms with Crippen molar-refractivity contribution in [3.05, 3.63) is 35.5 Å². The molecule has 2 N–H and O–H groups in total. The minimum Gasteiger partial charge on any atom is -0.377 e. The van der Waals surface area contributed by atoms with E-state index in [4.69, 9.17) is 19.4 Å². The van der Waals surface area contributed by atoms with Crippen LogP contribution in [-0.2, 0) is 29.8 Å². The van der Waals surface area contributed by atoms with Gasteiger partial charge < -0.3 is 25.0 Å². The van der Waals surface area contributed by atoms with Crippen molar-refractivity contribution in [1.82, 2.24) is 15.3 Å². The van der Waals surface area contributed by atoms with Crippen LogP contribution in [0.4, 0.5) is 16.3 Å². The van der Waals surface area contributed by atoms with Crippen LogP contribution >= 0.6 is 0 Å². The van der Waals surface area contributed by atoms with E-state index in [1.165, 1.54) is 0 Å². The highest BCUT2D eigenvalue weighted by molar-refractivity contribution is 7.91. The van der Waals surface area contributed by atoms with Crippen LogP contribution in [0, 0.1) is 0 Å². The second-order valence-electron chi connectivity index (χ2n) is 9.49. The van der Waals surface area contributed by atoms with E-state index in [9.17, 15) is 13.2 Å². The number of carbonyl (C=O) groups excluding carboxylic acids is 1. The Morgan fingerprint density at radius 1 is 1.12 bits per heavy atom. The van der Waals surface area contributed by atoms with Gasteiger partial charge in [-0.1, -0.05) is 0 Å². The minimum absolute atomic E-state index is 0.0414. The van der Waals surface area contributed by atoms with E-state index in [1.54, 1.807) is 26.0 Å². The number of sulfone groups is 1. The first kappa shape index (κ1) is 23.0. The molecule has 0 bridgehead atoms. The number of hydrogen-bond acceptors (Lipinski definition) is 8. The number of nitrogens with zero attached hydrogens (tertiary/aromatic N) is 3. The number of benzene rings is 1. The first-order chi connectivity index (χ1) is 16.2. The van der Waals surface area contributed by atoms with E-state index in [1.807, 2.05) is 19.1 Å². The molecule has 11 heteroatoms. The van der Waals surface area contributed by atoms with Crippen molar-refractivity contribution in [2.75, 3.05) is 43.2 Å². The fourth-order valence-corrected chi connectivity index (χ4v) is 5.87. The Bertz CT molecular complexity index is 1210. The lowest BCUT2D eigenvalue weighted by molar-refractivity contribution is 0.000735. The van der Waals surface area contributed by atoms with Crippen LogP contribution in [0.1, 0.15) is 32.0 Å². The predicted molar refractivity (Wildman–Crippen MR) is 128 cm³/mol. The van der Waals surface area contributed by atoms with Crippen LogP contribution in [0.25, 0.3) is 11.4 Å². The van der Waals surface area contributed by atoms with Crippen LogP contribution < -0.4 is 15.5 Å². The van der Waals surface area contributed by atoms with Crippen molar-refractivity contribution in [3.63, 3.8) is 0 Å². The summed E-state index contributed by atoms with van der Waals surface area (Å²) in [6, 6.07) is 7.03. The number of urea groups is 1. The van der Waals surface area contributed by atoms with Crippen molar-refractivity contribution < 1.29 is 22.7 Å². The Balaban J connectivity index is 1.48. The third-order valence-electron chi connectivity index (χ3n) is 6.68. The van der Waals surface area contributed by atoms with Crippen LogP contribution in [0.15, 0.2) is 24.3 Å². The third-order valence-corrected chi connectivity index (χ3v) is 9.10. The smallest absolute Gasteiger partial charge is 0.319 e. The van der Waals surface area contributed by atoms with Gasteiger partial charge in [-0.05, 0) is 45.0 Å². The quantitative estimate of drug-likeness (QED) is 0.672. The molecule has 182 valence electrons. The SMILES string of the molecule is CC1COCCN1c1nc(-c2ccc(NC(=O)NC3COC3)cc2)nc2c1CS(=O)(=O)C2(C)C. The normalized spacial score (nSPS) is 23.1. The summed E-state index contributed by atoms with van der Waals surface area (Å²) in [5, 5.41) is 5.64. The standard InChI is InChI=1S/C23H29N5O5S/c1-14-10-32-9-8-28(14)21-18-13-34(30,31)23(2,3)19(18)26-20(27-21)15-4-6-16(7-5-15)24-22(29)25-17-11-33-12-17/h4-7,14,17H,8-13H2,1-3H3,(H2,24,25,29). The molecule has 3 aliphatic rings. The molecule has 0 radical (unpaired) electrons. The number of anilines is 2. The van der Waals surface area contributed by atoms with E-state index in [0.717, 1.165) is 5.56 Å². The maximum Gasteiger partial charge on any atom is 0.319 e. The fourth-order valence-electron chi connectivity index (χ4n) is 4.40. The van der Waals surface area contributed by atoms with E-state index < -0.39 is 14.6 Å². The fraction of sp³-hybridized carbons (Fsp3) is 0.522. The molecule has 0 saturated carbocycles. The van der Waals surface area contributed by atoms with Crippen LogP contribution in [0.3, 0.4) is 0 Å². The maximum atomic E-state index is 13.0. The molecule has 4 heterocycles. The minimum atomic E-state index is -3.41. The topological polar surface area (TPSA) is 123 Å². The average molecular weight is 488 g/mol. The van der Waals surface area contributed by atoms with Gasteiger partial charge in [-0.25, -0.2) is 23.2 Å². The summed E-state index contributed by atoms with van der Waals surface area (Å²) in [4.78, 5) is 23.8. The van der Waals surface area contributed by atoms with Crippen LogP contribution in [0.5, 0.6) is 0 Å². The van der Waals surface area contributed by atoms with Gasteiger partial charge in [0.05, 0.1) is 50.0 Å². The highest BCUT2D eigenvalue weighted by atomic mass is 32.2. The number of rotatable bonds is 4. The Kier molecular flexibility index (Phi) is 5.73. The molecule has 2 fully saturated rings. The number of fused-ring (bicyclic) bond motifs is 1. The Hall–Kier alpha value is -2.76. The molecule has 1 unspecified atom stereocenters. The summed E-state index contributed by atoms with van der Waals surface area (Å²) in [5.74, 6) is 1.05. The predicted octanol–water partition coefficient (Wildman–Crippen LogP) is 2.05.